The maximum atomic E-state index is 11.9. The maximum absolute atomic E-state index is 11.9. The average molecular weight is 309 g/mol. The number of nitrogens with zero attached hydrogens (tertiary/aromatic N) is 1. The highest BCUT2D eigenvalue weighted by Crippen LogP contribution is 2.22. The van der Waals surface area contributed by atoms with Gasteiger partial charge < -0.3 is 5.32 Å². The van der Waals surface area contributed by atoms with Gasteiger partial charge in [0, 0.05) is 12.1 Å². The highest BCUT2D eigenvalue weighted by atomic mass is 32.2. The Morgan fingerprint density at radius 1 is 1.29 bits per heavy atom. The van der Waals surface area contributed by atoms with Crippen molar-refractivity contribution >= 4 is 21.8 Å². The summed E-state index contributed by atoms with van der Waals surface area (Å²) in [6.45, 7) is 6.20. The zero-order valence-corrected chi connectivity index (χ0v) is 13.1. The third kappa shape index (κ3) is 3.41. The lowest BCUT2D eigenvalue weighted by molar-refractivity contribution is -0.122. The van der Waals surface area contributed by atoms with E-state index in [2.05, 4.69) is 15.0 Å². The molecule has 21 heavy (non-hydrogen) atoms. The van der Waals surface area contributed by atoms with Crippen LogP contribution in [-0.2, 0) is 14.8 Å². The lowest BCUT2D eigenvalue weighted by Gasteiger charge is -2.11. The topological polar surface area (TPSA) is 87.6 Å². The molecule has 0 saturated carbocycles. The van der Waals surface area contributed by atoms with Gasteiger partial charge in [0.2, 0.25) is 5.91 Å². The third-order valence-corrected chi connectivity index (χ3v) is 4.45. The molecule has 1 aromatic carbocycles. The number of nitrogens with one attached hydrogen (secondary N) is 2. The predicted octanol–water partition coefficient (Wildman–Crippen LogP) is 0.886. The zero-order valence-electron chi connectivity index (χ0n) is 12.3. The number of carbonyl (C=O) groups is 1. The van der Waals surface area contributed by atoms with Gasteiger partial charge in [0.25, 0.3) is 10.0 Å². The van der Waals surface area contributed by atoms with E-state index in [1.54, 1.807) is 25.1 Å². The summed E-state index contributed by atoms with van der Waals surface area (Å²) in [5.41, 5.74) is 0.501. The molecule has 7 heteroatoms. The van der Waals surface area contributed by atoms with E-state index in [0.29, 0.717) is 18.0 Å². The molecule has 0 spiro atoms. The van der Waals surface area contributed by atoms with Gasteiger partial charge in [0.1, 0.15) is 11.9 Å². The lowest BCUT2D eigenvalue weighted by atomic mass is 10.2. The Labute approximate surface area is 124 Å². The summed E-state index contributed by atoms with van der Waals surface area (Å²) in [4.78, 5) is 16.3. The molecule has 0 fully saturated rings. The zero-order chi connectivity index (χ0) is 15.6. The minimum Gasteiger partial charge on any atom is -0.354 e. The number of amidine groups is 1. The summed E-state index contributed by atoms with van der Waals surface area (Å²) in [6, 6.07) is 5.92. The average Bonchev–Trinajstić information content (AvgIpc) is 2.68. The molecule has 1 unspecified atom stereocenters. The summed E-state index contributed by atoms with van der Waals surface area (Å²) in [5, 5.41) is 2.78. The maximum Gasteiger partial charge on any atom is 0.263 e. The van der Waals surface area contributed by atoms with Gasteiger partial charge in [-0.05, 0) is 25.0 Å². The Hall–Kier alpha value is -1.89. The van der Waals surface area contributed by atoms with Crippen LogP contribution in [0, 0.1) is 5.92 Å². The summed E-state index contributed by atoms with van der Waals surface area (Å²) in [7, 11) is -3.56. The standard InChI is InChI=1S/C14H19N3O3S/c1-9(2)8-15-14(18)10(3)16-13-11-6-4-5-7-12(11)21(19,20)17-13/h4-7,9-10H,8H2,1-3H3,(H,15,18)(H,16,17). The molecule has 1 aromatic rings. The molecule has 1 amide bonds. The number of rotatable bonds is 4. The molecule has 114 valence electrons. The Morgan fingerprint density at radius 2 is 1.95 bits per heavy atom. The Bertz CT molecular complexity index is 680. The van der Waals surface area contributed by atoms with Crippen LogP contribution in [0.1, 0.15) is 26.3 Å². The highest BCUT2D eigenvalue weighted by Gasteiger charge is 2.31. The van der Waals surface area contributed by atoms with Crippen LogP contribution in [0.15, 0.2) is 34.2 Å². The minimum absolute atomic E-state index is 0.193. The van der Waals surface area contributed by atoms with E-state index < -0.39 is 16.1 Å². The van der Waals surface area contributed by atoms with Crippen molar-refractivity contribution in [1.82, 2.24) is 10.0 Å². The molecule has 0 aromatic heterocycles. The van der Waals surface area contributed by atoms with Crippen molar-refractivity contribution in [3.8, 4) is 0 Å². The van der Waals surface area contributed by atoms with E-state index in [0.717, 1.165) is 0 Å². The van der Waals surface area contributed by atoms with Gasteiger partial charge in [-0.2, -0.15) is 0 Å². The van der Waals surface area contributed by atoms with Gasteiger partial charge in [0.05, 0.1) is 4.90 Å². The summed E-state index contributed by atoms with van der Waals surface area (Å²) in [5.74, 6) is 0.345. The Morgan fingerprint density at radius 3 is 2.62 bits per heavy atom. The van der Waals surface area contributed by atoms with Crippen molar-refractivity contribution in [2.45, 2.75) is 31.7 Å². The van der Waals surface area contributed by atoms with Crippen molar-refractivity contribution in [1.29, 1.82) is 0 Å². The fraction of sp³-hybridized carbons (Fsp3) is 0.429. The second-order valence-corrected chi connectivity index (χ2v) is 7.05. The van der Waals surface area contributed by atoms with Crippen LogP contribution in [0.4, 0.5) is 0 Å². The Kier molecular flexibility index (Phi) is 4.32. The van der Waals surface area contributed by atoms with E-state index in [1.807, 2.05) is 13.8 Å². The van der Waals surface area contributed by atoms with Crippen LogP contribution >= 0.6 is 0 Å². The quantitative estimate of drug-likeness (QED) is 0.865. The highest BCUT2D eigenvalue weighted by molar-refractivity contribution is 7.90. The first-order chi connectivity index (χ1) is 9.81. The summed E-state index contributed by atoms with van der Waals surface area (Å²) in [6.07, 6.45) is 0. The molecule has 0 radical (unpaired) electrons. The number of carbonyl (C=O) groups excluding carboxylic acids is 1. The molecular weight excluding hydrogens is 290 g/mol. The van der Waals surface area contributed by atoms with Crippen molar-refractivity contribution in [2.75, 3.05) is 6.54 Å². The van der Waals surface area contributed by atoms with E-state index in [4.69, 9.17) is 0 Å². The van der Waals surface area contributed by atoms with E-state index >= 15 is 0 Å². The molecule has 1 aliphatic rings. The van der Waals surface area contributed by atoms with E-state index in [1.165, 1.54) is 6.07 Å². The second kappa shape index (κ2) is 5.85. The van der Waals surface area contributed by atoms with Crippen molar-refractivity contribution in [2.24, 2.45) is 10.9 Å². The van der Waals surface area contributed by atoms with Crippen LogP contribution in [0.2, 0.25) is 0 Å². The molecule has 0 saturated heterocycles. The first kappa shape index (κ1) is 15.5. The van der Waals surface area contributed by atoms with Crippen molar-refractivity contribution in [3.63, 3.8) is 0 Å². The normalized spacial score (nSPS) is 19.1. The molecule has 0 aliphatic carbocycles. The monoisotopic (exact) mass is 309 g/mol. The Balaban J connectivity index is 2.21. The SMILES string of the molecule is CC(C)CNC(=O)C(C)N=C1NS(=O)(=O)c2ccccc21. The van der Waals surface area contributed by atoms with Gasteiger partial charge >= 0.3 is 0 Å². The van der Waals surface area contributed by atoms with Gasteiger partial charge in [-0.3, -0.25) is 14.5 Å². The number of fused-ring (bicyclic) bond motifs is 1. The molecule has 0 bridgehead atoms. The minimum atomic E-state index is -3.56. The number of aliphatic imine (C=N–C) groups is 1. The first-order valence-corrected chi connectivity index (χ1v) is 8.27. The van der Waals surface area contributed by atoms with Crippen molar-refractivity contribution < 1.29 is 13.2 Å². The van der Waals surface area contributed by atoms with Gasteiger partial charge in [-0.15, -0.1) is 0 Å². The van der Waals surface area contributed by atoms with Crippen LogP contribution < -0.4 is 10.0 Å². The number of sulfonamides is 1. The molecule has 2 rings (SSSR count). The van der Waals surface area contributed by atoms with E-state index in [9.17, 15) is 13.2 Å². The van der Waals surface area contributed by atoms with Gasteiger partial charge in [-0.25, -0.2) is 8.42 Å². The number of amides is 1. The lowest BCUT2D eigenvalue weighted by Crippen LogP contribution is -2.35. The fourth-order valence-corrected chi connectivity index (χ4v) is 3.17. The van der Waals surface area contributed by atoms with Gasteiger partial charge in [0.15, 0.2) is 0 Å². The van der Waals surface area contributed by atoms with Crippen LogP contribution in [0.5, 0.6) is 0 Å². The van der Waals surface area contributed by atoms with Crippen LogP contribution in [0.3, 0.4) is 0 Å². The largest absolute Gasteiger partial charge is 0.354 e. The summed E-state index contributed by atoms with van der Waals surface area (Å²) >= 11 is 0. The van der Waals surface area contributed by atoms with Crippen LogP contribution in [-0.4, -0.2) is 32.7 Å². The molecule has 6 nitrogen and oxygen atoms in total. The third-order valence-electron chi connectivity index (χ3n) is 3.05. The number of benzene rings is 1. The smallest absolute Gasteiger partial charge is 0.263 e. The van der Waals surface area contributed by atoms with E-state index in [-0.39, 0.29) is 16.6 Å². The van der Waals surface area contributed by atoms with Crippen LogP contribution in [0.25, 0.3) is 0 Å². The number of hydrogen-bond acceptors (Lipinski definition) is 4. The molecule has 2 N–H and O–H groups in total. The second-order valence-electron chi connectivity index (χ2n) is 5.39. The van der Waals surface area contributed by atoms with Gasteiger partial charge in [-0.1, -0.05) is 26.0 Å². The molecule has 1 aliphatic heterocycles. The molecule has 1 atom stereocenters. The summed E-state index contributed by atoms with van der Waals surface area (Å²) < 4.78 is 26.3. The molecular formula is C14H19N3O3S. The first-order valence-electron chi connectivity index (χ1n) is 6.79. The molecule has 1 heterocycles. The van der Waals surface area contributed by atoms with Crippen molar-refractivity contribution in [3.05, 3.63) is 29.8 Å². The number of hydrogen-bond donors (Lipinski definition) is 2. The predicted molar refractivity (Wildman–Crippen MR) is 80.6 cm³/mol. The fourth-order valence-electron chi connectivity index (χ4n) is 1.93.